The van der Waals surface area contributed by atoms with E-state index in [9.17, 15) is 9.90 Å². The van der Waals surface area contributed by atoms with Gasteiger partial charge in [0.1, 0.15) is 24.3 Å². The molecule has 1 aliphatic heterocycles. The van der Waals surface area contributed by atoms with Crippen LogP contribution in [0.15, 0.2) is 72.8 Å². The van der Waals surface area contributed by atoms with E-state index in [1.54, 1.807) is 0 Å². The van der Waals surface area contributed by atoms with Crippen LogP contribution in [0, 0.1) is 13.8 Å². The maximum absolute atomic E-state index is 12.8. The number of aliphatic hydroxyl groups is 1. The lowest BCUT2D eigenvalue weighted by atomic mass is 10.1. The maximum Gasteiger partial charge on any atom is 0.227 e. The normalized spacial score (nSPS) is 16.9. The molecule has 3 aromatic carbocycles. The van der Waals surface area contributed by atoms with E-state index >= 15 is 0 Å². The third kappa shape index (κ3) is 4.29. The molecule has 0 aliphatic carbocycles. The van der Waals surface area contributed by atoms with Gasteiger partial charge in [0.2, 0.25) is 5.91 Å². The number of carbonyl (C=O) groups excluding carboxylic acids is 1. The molecule has 5 rings (SSSR count). The van der Waals surface area contributed by atoms with E-state index in [1.807, 2.05) is 91.5 Å². The van der Waals surface area contributed by atoms with Gasteiger partial charge < -0.3 is 19.3 Å². The number of para-hydroxylation sites is 4. The number of hydrogen-bond donors (Lipinski definition) is 1. The summed E-state index contributed by atoms with van der Waals surface area (Å²) in [6.45, 7) is 5.10. The Kier molecular flexibility index (Phi) is 6.07. The van der Waals surface area contributed by atoms with Crippen molar-refractivity contribution in [3.63, 3.8) is 0 Å². The van der Waals surface area contributed by atoms with Crippen molar-refractivity contribution in [2.75, 3.05) is 18.1 Å². The number of nitrogens with zero attached hydrogens (tertiary/aromatic N) is 3. The SMILES string of the molecule is Cc1cccc(C)c1OCC(O)Cn1c(C2CC(=O)N(c3ccccc3)C2)nc2ccccc21. The van der Waals surface area contributed by atoms with Crippen molar-refractivity contribution in [2.24, 2.45) is 0 Å². The first-order valence-electron chi connectivity index (χ1n) is 11.7. The second kappa shape index (κ2) is 9.31. The Hall–Kier alpha value is -3.64. The lowest BCUT2D eigenvalue weighted by Crippen LogP contribution is -2.26. The van der Waals surface area contributed by atoms with Crippen molar-refractivity contribution >= 4 is 22.6 Å². The molecule has 6 nitrogen and oxygen atoms in total. The van der Waals surface area contributed by atoms with Crippen LogP contribution in [0.2, 0.25) is 0 Å². The molecule has 2 heterocycles. The highest BCUT2D eigenvalue weighted by Gasteiger charge is 2.35. The molecule has 2 atom stereocenters. The highest BCUT2D eigenvalue weighted by atomic mass is 16.5. The summed E-state index contributed by atoms with van der Waals surface area (Å²) in [6, 6.07) is 23.7. The Morgan fingerprint density at radius 1 is 1.00 bits per heavy atom. The van der Waals surface area contributed by atoms with Gasteiger partial charge in [-0.15, -0.1) is 0 Å². The number of fused-ring (bicyclic) bond motifs is 1. The molecule has 1 saturated heterocycles. The summed E-state index contributed by atoms with van der Waals surface area (Å²) in [6.07, 6.45) is -0.328. The van der Waals surface area contributed by atoms with Crippen LogP contribution in [0.3, 0.4) is 0 Å². The standard InChI is InChI=1S/C28H29N3O3/c1-19-9-8-10-20(2)27(19)34-18-23(32)17-31-25-14-7-6-13-24(25)29-28(31)21-15-26(33)30(16-21)22-11-4-3-5-12-22/h3-14,21,23,32H,15-18H2,1-2H3. The average Bonchev–Trinajstić information content (AvgIpc) is 3.40. The second-order valence-corrected chi connectivity index (χ2v) is 9.00. The summed E-state index contributed by atoms with van der Waals surface area (Å²) >= 11 is 0. The molecule has 34 heavy (non-hydrogen) atoms. The minimum atomic E-state index is -0.724. The molecule has 4 aromatic rings. The molecule has 1 amide bonds. The van der Waals surface area contributed by atoms with Crippen LogP contribution < -0.4 is 9.64 Å². The van der Waals surface area contributed by atoms with Crippen LogP contribution >= 0.6 is 0 Å². The monoisotopic (exact) mass is 455 g/mol. The highest BCUT2D eigenvalue weighted by molar-refractivity contribution is 5.96. The highest BCUT2D eigenvalue weighted by Crippen LogP contribution is 2.33. The fourth-order valence-corrected chi connectivity index (χ4v) is 4.81. The summed E-state index contributed by atoms with van der Waals surface area (Å²) in [4.78, 5) is 19.6. The van der Waals surface area contributed by atoms with Crippen LogP contribution in [0.1, 0.15) is 29.3 Å². The minimum Gasteiger partial charge on any atom is -0.490 e. The van der Waals surface area contributed by atoms with Crippen molar-refractivity contribution < 1.29 is 14.6 Å². The molecule has 1 fully saturated rings. The van der Waals surface area contributed by atoms with Gasteiger partial charge in [-0.2, -0.15) is 0 Å². The van der Waals surface area contributed by atoms with Gasteiger partial charge in [-0.25, -0.2) is 4.98 Å². The number of rotatable bonds is 7. The van der Waals surface area contributed by atoms with Crippen LogP contribution in [0.5, 0.6) is 5.75 Å². The fourth-order valence-electron chi connectivity index (χ4n) is 4.81. The van der Waals surface area contributed by atoms with Gasteiger partial charge in [-0.05, 0) is 49.2 Å². The van der Waals surface area contributed by atoms with Crippen molar-refractivity contribution in [1.82, 2.24) is 9.55 Å². The Morgan fingerprint density at radius 2 is 1.71 bits per heavy atom. The summed E-state index contributed by atoms with van der Waals surface area (Å²) in [5.74, 6) is 1.69. The first-order valence-corrected chi connectivity index (χ1v) is 11.7. The summed E-state index contributed by atoms with van der Waals surface area (Å²) < 4.78 is 8.06. The number of anilines is 1. The van der Waals surface area contributed by atoms with E-state index in [4.69, 9.17) is 9.72 Å². The predicted octanol–water partition coefficient (Wildman–Crippen LogP) is 4.61. The zero-order valence-electron chi connectivity index (χ0n) is 19.5. The predicted molar refractivity (Wildman–Crippen MR) is 133 cm³/mol. The van der Waals surface area contributed by atoms with Crippen molar-refractivity contribution in [3.05, 3.63) is 89.7 Å². The molecule has 1 aromatic heterocycles. The molecule has 1 N–H and O–H groups in total. The number of aryl methyl sites for hydroxylation is 2. The Labute approximate surface area is 199 Å². The summed E-state index contributed by atoms with van der Waals surface area (Å²) in [5, 5.41) is 10.9. The molecule has 1 aliphatic rings. The van der Waals surface area contributed by atoms with E-state index in [0.29, 0.717) is 19.5 Å². The Balaban J connectivity index is 1.39. The molecule has 0 radical (unpaired) electrons. The van der Waals surface area contributed by atoms with E-state index in [2.05, 4.69) is 4.57 Å². The number of amides is 1. The second-order valence-electron chi connectivity index (χ2n) is 9.00. The van der Waals surface area contributed by atoms with Gasteiger partial charge in [0.25, 0.3) is 0 Å². The molecule has 0 spiro atoms. The number of carbonyl (C=O) groups is 1. The molecule has 174 valence electrons. The molecule has 2 unspecified atom stereocenters. The summed E-state index contributed by atoms with van der Waals surface area (Å²) in [7, 11) is 0. The topological polar surface area (TPSA) is 67.6 Å². The smallest absolute Gasteiger partial charge is 0.227 e. The van der Waals surface area contributed by atoms with Crippen molar-refractivity contribution in [1.29, 1.82) is 0 Å². The van der Waals surface area contributed by atoms with Crippen LogP contribution in [0.4, 0.5) is 5.69 Å². The first-order chi connectivity index (χ1) is 16.5. The van der Waals surface area contributed by atoms with Gasteiger partial charge in [0.05, 0.1) is 17.6 Å². The van der Waals surface area contributed by atoms with Gasteiger partial charge in [-0.1, -0.05) is 48.5 Å². The zero-order chi connectivity index (χ0) is 23.7. The number of benzene rings is 3. The lowest BCUT2D eigenvalue weighted by Gasteiger charge is -2.20. The average molecular weight is 456 g/mol. The zero-order valence-corrected chi connectivity index (χ0v) is 19.5. The first kappa shape index (κ1) is 22.2. The van der Waals surface area contributed by atoms with E-state index in [-0.39, 0.29) is 18.4 Å². The molecule has 0 bridgehead atoms. The van der Waals surface area contributed by atoms with Gasteiger partial charge in [0.15, 0.2) is 0 Å². The van der Waals surface area contributed by atoms with E-state index in [0.717, 1.165) is 39.4 Å². The molecule has 6 heteroatoms. The van der Waals surface area contributed by atoms with Crippen molar-refractivity contribution in [2.45, 2.75) is 38.8 Å². The van der Waals surface area contributed by atoms with E-state index in [1.165, 1.54) is 0 Å². The van der Waals surface area contributed by atoms with Crippen LogP contribution in [-0.4, -0.2) is 39.8 Å². The number of aromatic nitrogens is 2. The van der Waals surface area contributed by atoms with Crippen LogP contribution in [-0.2, 0) is 11.3 Å². The third-order valence-corrected chi connectivity index (χ3v) is 6.46. The quantitative estimate of drug-likeness (QED) is 0.442. The minimum absolute atomic E-state index is 0.0492. The molecular formula is C28H29N3O3. The number of imidazole rings is 1. The van der Waals surface area contributed by atoms with Gasteiger partial charge in [-0.3, -0.25) is 4.79 Å². The lowest BCUT2D eigenvalue weighted by molar-refractivity contribution is -0.117. The number of hydrogen-bond acceptors (Lipinski definition) is 4. The number of ether oxygens (including phenoxy) is 1. The van der Waals surface area contributed by atoms with Gasteiger partial charge >= 0.3 is 0 Å². The van der Waals surface area contributed by atoms with Crippen molar-refractivity contribution in [3.8, 4) is 5.75 Å². The molecular weight excluding hydrogens is 426 g/mol. The Morgan fingerprint density at radius 3 is 2.47 bits per heavy atom. The van der Waals surface area contributed by atoms with Gasteiger partial charge in [0, 0.05) is 24.6 Å². The Bertz CT molecular complexity index is 1290. The third-order valence-electron chi connectivity index (χ3n) is 6.46. The number of aliphatic hydroxyl groups excluding tert-OH is 1. The maximum atomic E-state index is 12.8. The largest absolute Gasteiger partial charge is 0.490 e. The summed E-state index contributed by atoms with van der Waals surface area (Å²) in [5.41, 5.74) is 4.82. The van der Waals surface area contributed by atoms with E-state index < -0.39 is 6.10 Å². The fraction of sp³-hybridized carbons (Fsp3) is 0.286. The molecule has 0 saturated carbocycles. The van der Waals surface area contributed by atoms with Crippen LogP contribution in [0.25, 0.3) is 11.0 Å².